The molecule has 1 aromatic heterocycles. The van der Waals surface area contributed by atoms with E-state index in [-0.39, 0.29) is 17.7 Å². The van der Waals surface area contributed by atoms with Crippen LogP contribution in [0.15, 0.2) is 58.6 Å². The Morgan fingerprint density at radius 2 is 2.03 bits per heavy atom. The molecule has 0 radical (unpaired) electrons. The Morgan fingerprint density at radius 1 is 1.23 bits per heavy atom. The Kier molecular flexibility index (Phi) is 4.60. The van der Waals surface area contributed by atoms with Gasteiger partial charge in [-0.1, -0.05) is 36.4 Å². The lowest BCUT2D eigenvalue weighted by atomic mass is 9.78. The molecule has 4 unspecified atom stereocenters. The van der Waals surface area contributed by atoms with Gasteiger partial charge in [-0.05, 0) is 42.2 Å². The maximum absolute atomic E-state index is 15.0. The van der Waals surface area contributed by atoms with Gasteiger partial charge in [-0.15, -0.1) is 0 Å². The van der Waals surface area contributed by atoms with Crippen molar-refractivity contribution in [2.24, 2.45) is 0 Å². The van der Waals surface area contributed by atoms with Gasteiger partial charge in [0.15, 0.2) is 12.0 Å². The highest BCUT2D eigenvalue weighted by Gasteiger charge is 2.41. The maximum atomic E-state index is 15.0. The second-order valence-electron chi connectivity index (χ2n) is 8.33. The maximum Gasteiger partial charge on any atom is 0.242 e. The fourth-order valence-corrected chi connectivity index (χ4v) is 5.17. The van der Waals surface area contributed by atoms with E-state index in [0.29, 0.717) is 19.4 Å². The Morgan fingerprint density at radius 3 is 2.87 bits per heavy atom. The van der Waals surface area contributed by atoms with Crippen molar-refractivity contribution < 1.29 is 14.6 Å². The Labute approximate surface area is 173 Å². The molecule has 3 aliphatic rings. The summed E-state index contributed by atoms with van der Waals surface area (Å²) >= 11 is 0. The molecule has 2 aromatic rings. The molecule has 6 nitrogen and oxygen atoms in total. The van der Waals surface area contributed by atoms with Gasteiger partial charge in [0.1, 0.15) is 11.9 Å². The van der Waals surface area contributed by atoms with Crippen molar-refractivity contribution in [1.82, 2.24) is 14.7 Å². The van der Waals surface area contributed by atoms with E-state index in [1.54, 1.807) is 16.6 Å². The molecule has 156 valence electrons. The first-order valence-electron chi connectivity index (χ1n) is 10.3. The van der Waals surface area contributed by atoms with Crippen molar-refractivity contribution >= 4 is 0 Å². The number of rotatable bonds is 1. The lowest BCUT2D eigenvalue weighted by Crippen LogP contribution is -2.43. The molecule has 4 atom stereocenters. The molecule has 1 aromatic carbocycles. The standard InChI is InChI=1S/C23H24FN3O3/c1-26-12-18(27-21(23(26)30)22(29)19(28)11-25-27)20-14-6-3-2-5-13(14)9-10-15-16(20)7-4-8-17(15)24/h2-7,11,17-18,20,23,29-30H,8-10,12H2,1H3. The van der Waals surface area contributed by atoms with E-state index in [9.17, 15) is 19.4 Å². The largest absolute Gasteiger partial charge is 0.503 e. The van der Waals surface area contributed by atoms with E-state index in [0.717, 1.165) is 34.9 Å². The number of halogens is 1. The summed E-state index contributed by atoms with van der Waals surface area (Å²) in [7, 11) is 1.74. The summed E-state index contributed by atoms with van der Waals surface area (Å²) in [5.41, 5.74) is 3.48. The Hall–Kier alpha value is -2.77. The highest BCUT2D eigenvalue weighted by molar-refractivity contribution is 5.49. The summed E-state index contributed by atoms with van der Waals surface area (Å²) in [6.45, 7) is 0.435. The van der Waals surface area contributed by atoms with Crippen LogP contribution >= 0.6 is 0 Å². The van der Waals surface area contributed by atoms with E-state index >= 15 is 0 Å². The highest BCUT2D eigenvalue weighted by atomic mass is 19.1. The highest BCUT2D eigenvalue weighted by Crippen LogP contribution is 2.47. The third kappa shape index (κ3) is 2.84. The summed E-state index contributed by atoms with van der Waals surface area (Å²) < 4.78 is 16.5. The minimum atomic E-state index is -1.15. The molecule has 0 fully saturated rings. The second kappa shape index (κ2) is 7.18. The van der Waals surface area contributed by atoms with Gasteiger partial charge in [0, 0.05) is 18.9 Å². The number of aromatic nitrogens is 2. The predicted octanol–water partition coefficient (Wildman–Crippen LogP) is 2.75. The number of alkyl halides is 1. The van der Waals surface area contributed by atoms with Gasteiger partial charge < -0.3 is 10.2 Å². The van der Waals surface area contributed by atoms with Crippen LogP contribution in [0.3, 0.4) is 0 Å². The number of aromatic hydroxyl groups is 1. The Balaban J connectivity index is 1.76. The summed E-state index contributed by atoms with van der Waals surface area (Å²) in [4.78, 5) is 13.7. The molecule has 2 N–H and O–H groups in total. The number of benzene rings is 1. The van der Waals surface area contributed by atoms with Crippen molar-refractivity contribution in [3.05, 3.63) is 80.8 Å². The SMILES string of the molecule is CN1CC(C2C3=C(CCc4ccccc42)C(F)CC=C3)n2ncc(=O)c(O)c2C1O. The van der Waals surface area contributed by atoms with Gasteiger partial charge in [-0.25, -0.2) is 4.39 Å². The van der Waals surface area contributed by atoms with Gasteiger partial charge in [0.2, 0.25) is 5.43 Å². The van der Waals surface area contributed by atoms with Gasteiger partial charge in [0.25, 0.3) is 0 Å². The number of hydrogen-bond donors (Lipinski definition) is 2. The normalized spacial score (nSPS) is 28.5. The van der Waals surface area contributed by atoms with Crippen molar-refractivity contribution in [1.29, 1.82) is 0 Å². The molecule has 2 aliphatic carbocycles. The molecule has 30 heavy (non-hydrogen) atoms. The summed E-state index contributed by atoms with van der Waals surface area (Å²) in [5, 5.41) is 25.4. The van der Waals surface area contributed by atoms with E-state index in [4.69, 9.17) is 0 Å². The van der Waals surface area contributed by atoms with Crippen molar-refractivity contribution in [3.63, 3.8) is 0 Å². The lowest BCUT2D eigenvalue weighted by Gasteiger charge is -2.41. The Bertz CT molecular complexity index is 1120. The van der Waals surface area contributed by atoms with Crippen LogP contribution in [0.25, 0.3) is 0 Å². The summed E-state index contributed by atoms with van der Waals surface area (Å²) in [6.07, 6.45) is 4.63. The zero-order chi connectivity index (χ0) is 21.0. The van der Waals surface area contributed by atoms with E-state index < -0.39 is 23.6 Å². The molecule has 2 heterocycles. The number of fused-ring (bicyclic) bond motifs is 2. The summed E-state index contributed by atoms with van der Waals surface area (Å²) in [5.74, 6) is -0.704. The van der Waals surface area contributed by atoms with Gasteiger partial charge in [0.05, 0.1) is 12.2 Å². The van der Waals surface area contributed by atoms with Crippen molar-refractivity contribution in [2.45, 2.75) is 43.6 Å². The van der Waals surface area contributed by atoms with Crippen molar-refractivity contribution in [2.75, 3.05) is 13.6 Å². The first-order valence-corrected chi connectivity index (χ1v) is 10.3. The van der Waals surface area contributed by atoms with E-state index in [1.807, 2.05) is 24.3 Å². The molecule has 0 saturated heterocycles. The van der Waals surface area contributed by atoms with Crippen LogP contribution in [0.2, 0.25) is 0 Å². The number of aliphatic hydroxyl groups is 1. The molecular weight excluding hydrogens is 385 g/mol. The fraction of sp³-hybridized carbons (Fsp3) is 0.391. The first-order chi connectivity index (χ1) is 14.5. The third-order valence-corrected chi connectivity index (χ3v) is 6.64. The quantitative estimate of drug-likeness (QED) is 0.757. The average molecular weight is 409 g/mol. The topological polar surface area (TPSA) is 78.6 Å². The van der Waals surface area contributed by atoms with Crippen LogP contribution < -0.4 is 5.43 Å². The molecule has 0 spiro atoms. The molecule has 0 saturated carbocycles. The first kappa shape index (κ1) is 19.2. The zero-order valence-electron chi connectivity index (χ0n) is 16.7. The molecule has 0 bridgehead atoms. The smallest absolute Gasteiger partial charge is 0.242 e. The molecule has 5 rings (SSSR count). The minimum Gasteiger partial charge on any atom is -0.503 e. The van der Waals surface area contributed by atoms with Crippen molar-refractivity contribution in [3.8, 4) is 5.75 Å². The monoisotopic (exact) mass is 409 g/mol. The number of allylic oxidation sites excluding steroid dienone is 4. The van der Waals surface area contributed by atoms with Crippen LogP contribution in [-0.4, -0.2) is 44.7 Å². The predicted molar refractivity (Wildman–Crippen MR) is 110 cm³/mol. The van der Waals surface area contributed by atoms with Crippen LogP contribution in [0.1, 0.15) is 47.9 Å². The number of nitrogens with zero attached hydrogens (tertiary/aromatic N) is 3. The molecule has 0 amide bonds. The fourth-order valence-electron chi connectivity index (χ4n) is 5.17. The summed E-state index contributed by atoms with van der Waals surface area (Å²) in [6, 6.07) is 7.80. The molecular formula is C23H24FN3O3. The van der Waals surface area contributed by atoms with E-state index in [2.05, 4.69) is 17.2 Å². The molecule has 7 heteroatoms. The van der Waals surface area contributed by atoms with Crippen LogP contribution in [0.5, 0.6) is 5.75 Å². The van der Waals surface area contributed by atoms with Crippen LogP contribution in [0.4, 0.5) is 4.39 Å². The molecule has 1 aliphatic heterocycles. The third-order valence-electron chi connectivity index (χ3n) is 6.64. The number of hydrogen-bond acceptors (Lipinski definition) is 5. The number of aryl methyl sites for hydroxylation is 1. The van der Waals surface area contributed by atoms with Crippen LogP contribution in [-0.2, 0) is 6.42 Å². The second-order valence-corrected chi connectivity index (χ2v) is 8.33. The van der Waals surface area contributed by atoms with Gasteiger partial charge in [-0.3, -0.25) is 14.4 Å². The zero-order valence-corrected chi connectivity index (χ0v) is 16.7. The van der Waals surface area contributed by atoms with Gasteiger partial charge >= 0.3 is 0 Å². The number of aliphatic hydroxyl groups excluding tert-OH is 1. The minimum absolute atomic E-state index is 0.0849. The van der Waals surface area contributed by atoms with Gasteiger partial charge in [-0.2, -0.15) is 5.10 Å². The van der Waals surface area contributed by atoms with Crippen LogP contribution in [0, 0.1) is 0 Å². The average Bonchev–Trinajstić information content (AvgIpc) is 2.91. The number of likely N-dealkylation sites (N-methyl/N-ethyl adjacent to an activating group) is 1. The lowest BCUT2D eigenvalue weighted by molar-refractivity contribution is -0.0236. The van der Waals surface area contributed by atoms with E-state index in [1.165, 1.54) is 0 Å².